The summed E-state index contributed by atoms with van der Waals surface area (Å²) >= 11 is 0. The van der Waals surface area contributed by atoms with Gasteiger partial charge in [0.15, 0.2) is 0 Å². The Morgan fingerprint density at radius 1 is 1.47 bits per heavy atom. The number of halogens is 1. The lowest BCUT2D eigenvalue weighted by atomic mass is 9.82. The lowest BCUT2D eigenvalue weighted by Gasteiger charge is -2.33. The number of carbonyl (C=O) groups is 1. The second kappa shape index (κ2) is 4.35. The second-order valence-electron chi connectivity index (χ2n) is 4.92. The highest BCUT2D eigenvalue weighted by molar-refractivity contribution is 5.95. The van der Waals surface area contributed by atoms with E-state index < -0.39 is 5.82 Å². The van der Waals surface area contributed by atoms with E-state index in [1.807, 2.05) is 0 Å². The lowest BCUT2D eigenvalue weighted by Crippen LogP contribution is -2.43. The highest BCUT2D eigenvalue weighted by atomic mass is 19.1. The van der Waals surface area contributed by atoms with Crippen molar-refractivity contribution < 1.29 is 9.18 Å². The monoisotopic (exact) mass is 236 g/mol. The van der Waals surface area contributed by atoms with Crippen LogP contribution in [-0.4, -0.2) is 11.9 Å². The molecule has 4 heteroatoms. The summed E-state index contributed by atoms with van der Waals surface area (Å²) in [6, 6.07) is 2.99. The van der Waals surface area contributed by atoms with Crippen LogP contribution >= 0.6 is 0 Å². The predicted octanol–water partition coefficient (Wildman–Crippen LogP) is 2.24. The van der Waals surface area contributed by atoms with Crippen LogP contribution in [0.1, 0.15) is 35.7 Å². The van der Waals surface area contributed by atoms with Crippen molar-refractivity contribution in [2.75, 3.05) is 5.73 Å². The Morgan fingerprint density at radius 3 is 2.65 bits per heavy atom. The minimum Gasteiger partial charge on any atom is -0.398 e. The molecule has 3 N–H and O–H groups in total. The molecule has 1 saturated carbocycles. The normalized spacial score (nSPS) is 23.0. The first kappa shape index (κ1) is 11.9. The third-order valence-electron chi connectivity index (χ3n) is 3.36. The standard InChI is InChI=1S/C13H17FN2O/c1-7-3-10(4-7)16-13(17)9-5-11(14)8(2)12(15)6-9/h5-7,10H,3-4,15H2,1-2H3,(H,16,17). The first-order valence-corrected chi connectivity index (χ1v) is 5.84. The molecule has 0 bridgehead atoms. The van der Waals surface area contributed by atoms with Crippen molar-refractivity contribution in [3.63, 3.8) is 0 Å². The Bertz CT molecular complexity index is 430. The van der Waals surface area contributed by atoms with Crippen LogP contribution in [0.5, 0.6) is 0 Å². The Labute approximate surface area is 100 Å². The molecule has 92 valence electrons. The predicted molar refractivity (Wildman–Crippen MR) is 65.2 cm³/mol. The molecular formula is C13H17FN2O. The van der Waals surface area contributed by atoms with E-state index in [0.29, 0.717) is 22.7 Å². The molecule has 0 aromatic heterocycles. The van der Waals surface area contributed by atoms with Crippen molar-refractivity contribution in [3.05, 3.63) is 29.1 Å². The minimum atomic E-state index is -0.433. The maximum Gasteiger partial charge on any atom is 0.251 e. The van der Waals surface area contributed by atoms with E-state index in [1.165, 1.54) is 12.1 Å². The summed E-state index contributed by atoms with van der Waals surface area (Å²) in [5, 5.41) is 2.88. The Balaban J connectivity index is 2.09. The summed E-state index contributed by atoms with van der Waals surface area (Å²) in [6.07, 6.45) is 1.99. The summed E-state index contributed by atoms with van der Waals surface area (Å²) in [6.45, 7) is 3.74. The fourth-order valence-electron chi connectivity index (χ4n) is 2.12. The second-order valence-corrected chi connectivity index (χ2v) is 4.92. The number of benzene rings is 1. The van der Waals surface area contributed by atoms with E-state index in [-0.39, 0.29) is 11.9 Å². The van der Waals surface area contributed by atoms with Gasteiger partial charge in [0.1, 0.15) is 5.82 Å². The van der Waals surface area contributed by atoms with Crippen molar-refractivity contribution in [1.82, 2.24) is 5.32 Å². The number of nitrogen functional groups attached to an aromatic ring is 1. The summed E-state index contributed by atoms with van der Waals surface area (Å²) in [5.41, 5.74) is 6.64. The molecule has 0 heterocycles. The SMILES string of the molecule is Cc1c(N)cc(C(=O)NC2CC(C)C2)cc1F. The van der Waals surface area contributed by atoms with Crippen LogP contribution in [0.15, 0.2) is 12.1 Å². The van der Waals surface area contributed by atoms with Crippen LogP contribution in [0, 0.1) is 18.7 Å². The number of nitrogens with one attached hydrogen (secondary N) is 1. The van der Waals surface area contributed by atoms with Gasteiger partial charge in [0, 0.05) is 22.9 Å². The van der Waals surface area contributed by atoms with Crippen LogP contribution < -0.4 is 11.1 Å². The van der Waals surface area contributed by atoms with Crippen LogP contribution in [0.25, 0.3) is 0 Å². The van der Waals surface area contributed by atoms with E-state index in [4.69, 9.17) is 5.73 Å². The lowest BCUT2D eigenvalue weighted by molar-refractivity contribution is 0.0895. The van der Waals surface area contributed by atoms with E-state index in [2.05, 4.69) is 12.2 Å². The fraction of sp³-hybridized carbons (Fsp3) is 0.462. The zero-order valence-corrected chi connectivity index (χ0v) is 10.1. The average molecular weight is 236 g/mol. The maximum absolute atomic E-state index is 13.4. The van der Waals surface area contributed by atoms with Crippen LogP contribution in [0.2, 0.25) is 0 Å². The molecule has 0 radical (unpaired) electrons. The van der Waals surface area contributed by atoms with E-state index in [1.54, 1.807) is 6.92 Å². The molecule has 3 nitrogen and oxygen atoms in total. The molecule has 0 atom stereocenters. The number of amides is 1. The zero-order valence-electron chi connectivity index (χ0n) is 10.1. The van der Waals surface area contributed by atoms with Gasteiger partial charge < -0.3 is 11.1 Å². The number of carbonyl (C=O) groups excluding carboxylic acids is 1. The Hall–Kier alpha value is -1.58. The van der Waals surface area contributed by atoms with Gasteiger partial charge in [-0.05, 0) is 37.8 Å². The molecule has 0 unspecified atom stereocenters. The van der Waals surface area contributed by atoms with Gasteiger partial charge in [0.25, 0.3) is 5.91 Å². The molecular weight excluding hydrogens is 219 g/mol. The number of anilines is 1. The van der Waals surface area contributed by atoms with Gasteiger partial charge in [-0.1, -0.05) is 6.92 Å². The fourth-order valence-corrected chi connectivity index (χ4v) is 2.12. The van der Waals surface area contributed by atoms with Crippen molar-refractivity contribution in [3.8, 4) is 0 Å². The molecule has 1 aromatic carbocycles. The van der Waals surface area contributed by atoms with E-state index in [0.717, 1.165) is 12.8 Å². The largest absolute Gasteiger partial charge is 0.398 e. The number of hydrogen-bond acceptors (Lipinski definition) is 2. The van der Waals surface area contributed by atoms with Crippen LogP contribution in [-0.2, 0) is 0 Å². The highest BCUT2D eigenvalue weighted by Gasteiger charge is 2.27. The first-order valence-electron chi connectivity index (χ1n) is 5.84. The van der Waals surface area contributed by atoms with Gasteiger partial charge in [0.05, 0.1) is 0 Å². The third kappa shape index (κ3) is 2.40. The van der Waals surface area contributed by atoms with Crippen molar-refractivity contribution in [1.29, 1.82) is 0 Å². The zero-order chi connectivity index (χ0) is 12.6. The van der Waals surface area contributed by atoms with E-state index in [9.17, 15) is 9.18 Å². The molecule has 1 aromatic rings. The summed E-state index contributed by atoms with van der Waals surface area (Å²) < 4.78 is 13.4. The minimum absolute atomic E-state index is 0.225. The molecule has 2 rings (SSSR count). The number of rotatable bonds is 2. The first-order chi connectivity index (χ1) is 7.97. The number of hydrogen-bond donors (Lipinski definition) is 2. The van der Waals surface area contributed by atoms with Gasteiger partial charge in [-0.15, -0.1) is 0 Å². The van der Waals surface area contributed by atoms with Gasteiger partial charge in [-0.3, -0.25) is 4.79 Å². The van der Waals surface area contributed by atoms with Gasteiger partial charge in [0.2, 0.25) is 0 Å². The molecule has 1 fully saturated rings. The average Bonchev–Trinajstić information content (AvgIpc) is 2.23. The Morgan fingerprint density at radius 2 is 2.12 bits per heavy atom. The molecule has 1 aliphatic carbocycles. The van der Waals surface area contributed by atoms with Crippen molar-refractivity contribution in [2.45, 2.75) is 32.7 Å². The summed E-state index contributed by atoms with van der Waals surface area (Å²) in [5.74, 6) is -0.00949. The highest BCUT2D eigenvalue weighted by Crippen LogP contribution is 2.26. The topological polar surface area (TPSA) is 55.1 Å². The molecule has 0 spiro atoms. The van der Waals surface area contributed by atoms with Crippen LogP contribution in [0.4, 0.5) is 10.1 Å². The van der Waals surface area contributed by atoms with Gasteiger partial charge in [-0.25, -0.2) is 4.39 Å². The molecule has 1 aliphatic rings. The van der Waals surface area contributed by atoms with Gasteiger partial charge >= 0.3 is 0 Å². The quantitative estimate of drug-likeness (QED) is 0.774. The van der Waals surface area contributed by atoms with Gasteiger partial charge in [-0.2, -0.15) is 0 Å². The Kier molecular flexibility index (Phi) is 3.05. The number of nitrogens with two attached hydrogens (primary N) is 1. The molecule has 1 amide bonds. The molecule has 17 heavy (non-hydrogen) atoms. The summed E-state index contributed by atoms with van der Waals surface area (Å²) in [4.78, 5) is 11.8. The summed E-state index contributed by atoms with van der Waals surface area (Å²) in [7, 11) is 0. The van der Waals surface area contributed by atoms with Crippen LogP contribution in [0.3, 0.4) is 0 Å². The maximum atomic E-state index is 13.4. The molecule has 0 aliphatic heterocycles. The van der Waals surface area contributed by atoms with Crippen molar-refractivity contribution >= 4 is 11.6 Å². The smallest absolute Gasteiger partial charge is 0.251 e. The third-order valence-corrected chi connectivity index (χ3v) is 3.36. The van der Waals surface area contributed by atoms with E-state index >= 15 is 0 Å². The molecule has 0 saturated heterocycles. The van der Waals surface area contributed by atoms with Crippen molar-refractivity contribution in [2.24, 2.45) is 5.92 Å².